The SMILES string of the molecule is Cc1cccc(OCC(=O)NNC(=O)CCCOc2ccc(S(C)(=O)=O)cc2)c1. The molecule has 0 spiro atoms. The molecular formula is C20H24N2O6S. The maximum absolute atomic E-state index is 11.7. The zero-order valence-electron chi connectivity index (χ0n) is 16.3. The minimum atomic E-state index is -3.24. The molecule has 0 aliphatic carbocycles. The number of carbonyl (C=O) groups excluding carboxylic acids is 2. The topological polar surface area (TPSA) is 111 Å². The summed E-state index contributed by atoms with van der Waals surface area (Å²) in [7, 11) is -3.24. The number of nitrogens with one attached hydrogen (secondary N) is 2. The van der Waals surface area contributed by atoms with E-state index in [9.17, 15) is 18.0 Å². The van der Waals surface area contributed by atoms with E-state index in [0.29, 0.717) is 17.9 Å². The summed E-state index contributed by atoms with van der Waals surface area (Å²) in [4.78, 5) is 23.7. The van der Waals surface area contributed by atoms with Crippen LogP contribution in [0.25, 0.3) is 0 Å². The fraction of sp³-hybridized carbons (Fsp3) is 0.300. The van der Waals surface area contributed by atoms with E-state index in [0.717, 1.165) is 11.8 Å². The first-order valence-corrected chi connectivity index (χ1v) is 10.8. The summed E-state index contributed by atoms with van der Waals surface area (Å²) in [5.41, 5.74) is 5.62. The first-order valence-electron chi connectivity index (χ1n) is 8.94. The van der Waals surface area contributed by atoms with Gasteiger partial charge < -0.3 is 9.47 Å². The number of carbonyl (C=O) groups is 2. The van der Waals surface area contributed by atoms with Gasteiger partial charge in [0.15, 0.2) is 16.4 Å². The molecule has 0 unspecified atom stereocenters. The molecule has 0 aliphatic rings. The Hall–Kier alpha value is -3.07. The van der Waals surface area contributed by atoms with Crippen LogP contribution in [-0.4, -0.2) is 39.7 Å². The molecule has 0 heterocycles. The summed E-state index contributed by atoms with van der Waals surface area (Å²) in [6.45, 7) is 1.98. The van der Waals surface area contributed by atoms with Gasteiger partial charge in [0.1, 0.15) is 11.5 Å². The fourth-order valence-corrected chi connectivity index (χ4v) is 2.93. The Kier molecular flexibility index (Phi) is 8.02. The van der Waals surface area contributed by atoms with Crippen LogP contribution in [-0.2, 0) is 19.4 Å². The van der Waals surface area contributed by atoms with Gasteiger partial charge >= 0.3 is 0 Å². The fourth-order valence-electron chi connectivity index (χ4n) is 2.30. The average Bonchev–Trinajstić information content (AvgIpc) is 2.68. The van der Waals surface area contributed by atoms with Crippen LogP contribution in [0.1, 0.15) is 18.4 Å². The number of hydrogen-bond donors (Lipinski definition) is 2. The molecule has 2 amide bonds. The third-order valence-corrected chi connectivity index (χ3v) is 4.90. The molecule has 29 heavy (non-hydrogen) atoms. The van der Waals surface area contributed by atoms with Crippen LogP contribution in [0.4, 0.5) is 0 Å². The van der Waals surface area contributed by atoms with Gasteiger partial charge in [-0.05, 0) is 55.3 Å². The van der Waals surface area contributed by atoms with E-state index in [4.69, 9.17) is 9.47 Å². The summed E-state index contributed by atoms with van der Waals surface area (Å²) in [5.74, 6) is 0.264. The van der Waals surface area contributed by atoms with Crippen molar-refractivity contribution in [3.8, 4) is 11.5 Å². The van der Waals surface area contributed by atoms with Crippen molar-refractivity contribution in [1.29, 1.82) is 0 Å². The molecule has 0 saturated carbocycles. The second kappa shape index (κ2) is 10.5. The van der Waals surface area contributed by atoms with Crippen LogP contribution < -0.4 is 20.3 Å². The molecule has 2 aromatic rings. The van der Waals surface area contributed by atoms with Crippen molar-refractivity contribution in [3.05, 3.63) is 54.1 Å². The zero-order valence-corrected chi connectivity index (χ0v) is 17.1. The van der Waals surface area contributed by atoms with Gasteiger partial charge in [0, 0.05) is 12.7 Å². The lowest BCUT2D eigenvalue weighted by Crippen LogP contribution is -2.43. The van der Waals surface area contributed by atoms with Crippen LogP contribution >= 0.6 is 0 Å². The summed E-state index contributed by atoms with van der Waals surface area (Å²) >= 11 is 0. The highest BCUT2D eigenvalue weighted by molar-refractivity contribution is 7.90. The first kappa shape index (κ1) is 22.2. The summed E-state index contributed by atoms with van der Waals surface area (Å²) in [6.07, 6.45) is 1.71. The van der Waals surface area contributed by atoms with Gasteiger partial charge in [0.25, 0.3) is 5.91 Å². The van der Waals surface area contributed by atoms with Crippen LogP contribution in [0.5, 0.6) is 11.5 Å². The smallest absolute Gasteiger partial charge is 0.276 e. The largest absolute Gasteiger partial charge is 0.494 e. The molecule has 0 aliphatic heterocycles. The Bertz CT molecular complexity index is 942. The maximum Gasteiger partial charge on any atom is 0.276 e. The third-order valence-electron chi connectivity index (χ3n) is 3.77. The Morgan fingerprint density at radius 1 is 0.931 bits per heavy atom. The molecule has 2 aromatic carbocycles. The predicted molar refractivity (Wildman–Crippen MR) is 107 cm³/mol. The summed E-state index contributed by atoms with van der Waals surface area (Å²) in [5, 5.41) is 0. The average molecular weight is 420 g/mol. The van der Waals surface area contributed by atoms with Crippen molar-refractivity contribution in [2.45, 2.75) is 24.7 Å². The van der Waals surface area contributed by atoms with Gasteiger partial charge in [-0.25, -0.2) is 8.42 Å². The Balaban J connectivity index is 1.60. The van der Waals surface area contributed by atoms with Crippen molar-refractivity contribution in [3.63, 3.8) is 0 Å². The second-order valence-corrected chi connectivity index (χ2v) is 8.41. The van der Waals surface area contributed by atoms with Gasteiger partial charge in [-0.2, -0.15) is 0 Å². The number of aryl methyl sites for hydroxylation is 1. The van der Waals surface area contributed by atoms with E-state index in [1.807, 2.05) is 19.1 Å². The minimum absolute atomic E-state index is 0.153. The lowest BCUT2D eigenvalue weighted by molar-refractivity contribution is -0.130. The van der Waals surface area contributed by atoms with Gasteiger partial charge in [0.2, 0.25) is 5.91 Å². The highest BCUT2D eigenvalue weighted by Gasteiger charge is 2.08. The molecule has 0 fully saturated rings. The summed E-state index contributed by atoms with van der Waals surface area (Å²) in [6, 6.07) is 13.3. The molecule has 2 N–H and O–H groups in total. The van der Waals surface area contributed by atoms with Crippen molar-refractivity contribution < 1.29 is 27.5 Å². The quantitative estimate of drug-likeness (QED) is 0.473. The highest BCUT2D eigenvalue weighted by atomic mass is 32.2. The lowest BCUT2D eigenvalue weighted by atomic mass is 10.2. The van der Waals surface area contributed by atoms with Crippen LogP contribution in [0.3, 0.4) is 0 Å². The standard InChI is InChI=1S/C20H24N2O6S/c1-15-5-3-6-17(13-15)28-14-20(24)22-21-19(23)7-4-12-27-16-8-10-18(11-9-16)29(2,25)26/h3,5-6,8-11,13H,4,7,12,14H2,1-2H3,(H,21,23)(H,22,24). The van der Waals surface area contributed by atoms with E-state index in [2.05, 4.69) is 10.9 Å². The van der Waals surface area contributed by atoms with Crippen LogP contribution in [0.2, 0.25) is 0 Å². The van der Waals surface area contributed by atoms with E-state index in [1.165, 1.54) is 12.1 Å². The van der Waals surface area contributed by atoms with Crippen molar-refractivity contribution in [1.82, 2.24) is 10.9 Å². The molecule has 156 valence electrons. The second-order valence-electron chi connectivity index (χ2n) is 6.40. The minimum Gasteiger partial charge on any atom is -0.494 e. The van der Waals surface area contributed by atoms with E-state index < -0.39 is 15.7 Å². The Morgan fingerprint density at radius 2 is 1.62 bits per heavy atom. The molecule has 0 bridgehead atoms. The maximum atomic E-state index is 11.7. The molecule has 0 aromatic heterocycles. The predicted octanol–water partition coefficient (Wildman–Crippen LogP) is 1.78. The number of benzene rings is 2. The molecule has 9 heteroatoms. The molecule has 0 atom stereocenters. The molecule has 8 nitrogen and oxygen atoms in total. The first-order chi connectivity index (χ1) is 13.7. The molecule has 0 saturated heterocycles. The van der Waals surface area contributed by atoms with Gasteiger partial charge in [-0.1, -0.05) is 12.1 Å². The Morgan fingerprint density at radius 3 is 2.28 bits per heavy atom. The number of hydrazine groups is 1. The van der Waals surface area contributed by atoms with E-state index in [-0.39, 0.29) is 30.4 Å². The third kappa shape index (κ3) is 8.22. The zero-order chi connectivity index (χ0) is 21.3. The number of ether oxygens (including phenoxy) is 2. The van der Waals surface area contributed by atoms with Crippen molar-refractivity contribution in [2.75, 3.05) is 19.5 Å². The molecule has 0 radical (unpaired) electrons. The van der Waals surface area contributed by atoms with Gasteiger partial charge in [-0.3, -0.25) is 20.4 Å². The number of sulfone groups is 1. The Labute approximate surface area is 170 Å². The number of hydrogen-bond acceptors (Lipinski definition) is 6. The van der Waals surface area contributed by atoms with Crippen molar-refractivity contribution in [2.24, 2.45) is 0 Å². The van der Waals surface area contributed by atoms with Gasteiger partial charge in [0.05, 0.1) is 11.5 Å². The highest BCUT2D eigenvalue weighted by Crippen LogP contribution is 2.16. The van der Waals surface area contributed by atoms with E-state index >= 15 is 0 Å². The normalized spacial score (nSPS) is 10.8. The van der Waals surface area contributed by atoms with Gasteiger partial charge in [-0.15, -0.1) is 0 Å². The summed E-state index contributed by atoms with van der Waals surface area (Å²) < 4.78 is 33.6. The number of amides is 2. The molecule has 2 rings (SSSR count). The number of rotatable bonds is 9. The van der Waals surface area contributed by atoms with Crippen LogP contribution in [0, 0.1) is 6.92 Å². The molecular weight excluding hydrogens is 396 g/mol. The lowest BCUT2D eigenvalue weighted by Gasteiger charge is -2.10. The monoisotopic (exact) mass is 420 g/mol. The van der Waals surface area contributed by atoms with E-state index in [1.54, 1.807) is 24.3 Å². The van der Waals surface area contributed by atoms with Crippen LogP contribution in [0.15, 0.2) is 53.4 Å². The van der Waals surface area contributed by atoms with Crippen molar-refractivity contribution >= 4 is 21.7 Å².